The van der Waals surface area contributed by atoms with Gasteiger partial charge in [-0.15, -0.1) is 0 Å². The molecule has 2 aromatic rings. The SMILES string of the molecule is Cc1n[nH]c(C)c1/C(O)=C1\C(=O)C(=O)N(CCCN(C)C)C1c1ccc(F)cc1. The van der Waals surface area contributed by atoms with Crippen LogP contribution in [-0.2, 0) is 9.59 Å². The molecule has 1 amide bonds. The van der Waals surface area contributed by atoms with Gasteiger partial charge in [-0.25, -0.2) is 4.39 Å². The molecule has 0 bridgehead atoms. The Morgan fingerprint density at radius 1 is 1.24 bits per heavy atom. The smallest absolute Gasteiger partial charge is 0.295 e. The van der Waals surface area contributed by atoms with Crippen molar-refractivity contribution in [2.45, 2.75) is 26.3 Å². The van der Waals surface area contributed by atoms with Crippen LogP contribution in [0.25, 0.3) is 5.76 Å². The van der Waals surface area contributed by atoms with Crippen LogP contribution in [0.3, 0.4) is 0 Å². The number of nitrogens with zero attached hydrogens (tertiary/aromatic N) is 3. The minimum atomic E-state index is -0.786. The number of aromatic amines is 1. The number of carbonyl (C=O) groups is 2. The number of nitrogens with one attached hydrogen (secondary N) is 1. The largest absolute Gasteiger partial charge is 0.507 e. The molecule has 2 heterocycles. The standard InChI is InChI=1S/C21H25FN4O3/c1-12-16(13(2)24-23-12)19(27)17-18(14-6-8-15(22)9-7-14)26(21(29)20(17)28)11-5-10-25(3)4/h6-9,18,27H,5,10-11H2,1-4H3,(H,23,24)/b19-17+. The summed E-state index contributed by atoms with van der Waals surface area (Å²) in [4.78, 5) is 29.1. The number of ketones is 1. The molecule has 7 nitrogen and oxygen atoms in total. The predicted molar refractivity (Wildman–Crippen MR) is 107 cm³/mol. The van der Waals surface area contributed by atoms with Gasteiger partial charge >= 0.3 is 0 Å². The normalized spacial score (nSPS) is 18.8. The van der Waals surface area contributed by atoms with Crippen LogP contribution in [0.4, 0.5) is 4.39 Å². The predicted octanol–water partition coefficient (Wildman–Crippen LogP) is 2.54. The van der Waals surface area contributed by atoms with Crippen molar-refractivity contribution in [2.24, 2.45) is 0 Å². The summed E-state index contributed by atoms with van der Waals surface area (Å²) >= 11 is 0. The number of rotatable bonds is 6. The van der Waals surface area contributed by atoms with Crippen LogP contribution in [0.2, 0.25) is 0 Å². The van der Waals surface area contributed by atoms with Crippen LogP contribution < -0.4 is 0 Å². The van der Waals surface area contributed by atoms with Gasteiger partial charge in [-0.1, -0.05) is 12.1 Å². The van der Waals surface area contributed by atoms with Crippen molar-refractivity contribution < 1.29 is 19.1 Å². The third-order valence-corrected chi connectivity index (χ3v) is 5.09. The maximum Gasteiger partial charge on any atom is 0.295 e. The molecule has 1 aromatic carbocycles. The second-order valence-electron chi connectivity index (χ2n) is 7.51. The van der Waals surface area contributed by atoms with Crippen LogP contribution in [0, 0.1) is 19.7 Å². The Kier molecular flexibility index (Phi) is 5.83. The van der Waals surface area contributed by atoms with Crippen molar-refractivity contribution >= 4 is 17.4 Å². The lowest BCUT2D eigenvalue weighted by Gasteiger charge is -2.26. The van der Waals surface area contributed by atoms with Crippen molar-refractivity contribution in [3.05, 3.63) is 58.2 Å². The molecule has 1 atom stereocenters. The molecule has 29 heavy (non-hydrogen) atoms. The van der Waals surface area contributed by atoms with E-state index in [0.29, 0.717) is 35.5 Å². The molecule has 3 rings (SSSR count). The lowest BCUT2D eigenvalue weighted by atomic mass is 9.94. The van der Waals surface area contributed by atoms with Crippen LogP contribution in [0.1, 0.15) is 35.0 Å². The molecule has 1 saturated heterocycles. The highest BCUT2D eigenvalue weighted by atomic mass is 19.1. The molecule has 0 saturated carbocycles. The third-order valence-electron chi connectivity index (χ3n) is 5.09. The molecule has 8 heteroatoms. The zero-order chi connectivity index (χ0) is 21.3. The molecule has 1 aliphatic rings. The van der Waals surface area contributed by atoms with Crippen LogP contribution in [0.15, 0.2) is 29.8 Å². The monoisotopic (exact) mass is 400 g/mol. The summed E-state index contributed by atoms with van der Waals surface area (Å²) in [5.41, 5.74) is 2.09. The first-order valence-corrected chi connectivity index (χ1v) is 9.43. The maximum absolute atomic E-state index is 13.5. The van der Waals surface area contributed by atoms with E-state index in [0.717, 1.165) is 6.54 Å². The third kappa shape index (κ3) is 3.93. The van der Waals surface area contributed by atoms with Crippen molar-refractivity contribution in [1.29, 1.82) is 0 Å². The first-order chi connectivity index (χ1) is 13.7. The van der Waals surface area contributed by atoms with E-state index in [1.807, 2.05) is 19.0 Å². The van der Waals surface area contributed by atoms with E-state index in [-0.39, 0.29) is 11.3 Å². The highest BCUT2D eigenvalue weighted by molar-refractivity contribution is 6.46. The van der Waals surface area contributed by atoms with Gasteiger partial charge < -0.3 is 14.9 Å². The van der Waals surface area contributed by atoms with Gasteiger partial charge in [0, 0.05) is 12.2 Å². The van der Waals surface area contributed by atoms with Crippen LogP contribution in [0.5, 0.6) is 0 Å². The second-order valence-corrected chi connectivity index (χ2v) is 7.51. The van der Waals surface area contributed by atoms with Gasteiger partial charge in [0.25, 0.3) is 11.7 Å². The van der Waals surface area contributed by atoms with Gasteiger partial charge in [0.15, 0.2) is 0 Å². The number of hydrogen-bond acceptors (Lipinski definition) is 5. The first kappa shape index (κ1) is 20.7. The Morgan fingerprint density at radius 3 is 2.45 bits per heavy atom. The number of aliphatic hydroxyl groups is 1. The van der Waals surface area contributed by atoms with Crippen molar-refractivity contribution in [3.63, 3.8) is 0 Å². The molecular formula is C21H25FN4O3. The van der Waals surface area contributed by atoms with Gasteiger partial charge in [-0.05, 0) is 58.6 Å². The van der Waals surface area contributed by atoms with E-state index >= 15 is 0 Å². The maximum atomic E-state index is 13.5. The Balaban J connectivity index is 2.12. The number of benzene rings is 1. The summed E-state index contributed by atoms with van der Waals surface area (Å²) in [5.74, 6) is -2.10. The summed E-state index contributed by atoms with van der Waals surface area (Å²) in [6.45, 7) is 4.51. The van der Waals surface area contributed by atoms with E-state index < -0.39 is 23.5 Å². The zero-order valence-electron chi connectivity index (χ0n) is 17.0. The fraction of sp³-hybridized carbons (Fsp3) is 0.381. The number of carbonyl (C=O) groups excluding carboxylic acids is 2. The van der Waals surface area contributed by atoms with Crippen molar-refractivity contribution in [3.8, 4) is 0 Å². The van der Waals surface area contributed by atoms with Gasteiger partial charge in [-0.3, -0.25) is 14.7 Å². The molecule has 2 N–H and O–H groups in total. The molecule has 154 valence electrons. The Hall–Kier alpha value is -3.00. The number of aliphatic hydroxyl groups excluding tert-OH is 1. The fourth-order valence-corrected chi connectivity index (χ4v) is 3.69. The lowest BCUT2D eigenvalue weighted by molar-refractivity contribution is -0.139. The minimum absolute atomic E-state index is 0.000869. The highest BCUT2D eigenvalue weighted by Gasteiger charge is 2.46. The zero-order valence-corrected chi connectivity index (χ0v) is 17.0. The molecule has 1 aromatic heterocycles. The number of H-pyrrole nitrogens is 1. The minimum Gasteiger partial charge on any atom is -0.507 e. The molecule has 0 radical (unpaired) electrons. The number of Topliss-reactive ketones (excluding diaryl/α,β-unsaturated/α-hetero) is 1. The fourth-order valence-electron chi connectivity index (χ4n) is 3.69. The summed E-state index contributed by atoms with van der Waals surface area (Å²) < 4.78 is 13.5. The van der Waals surface area contributed by atoms with Gasteiger partial charge in [0.1, 0.15) is 11.6 Å². The Morgan fingerprint density at radius 2 is 1.90 bits per heavy atom. The van der Waals surface area contributed by atoms with Crippen LogP contribution >= 0.6 is 0 Å². The topological polar surface area (TPSA) is 89.5 Å². The quantitative estimate of drug-likeness (QED) is 0.442. The molecule has 0 spiro atoms. The van der Waals surface area contributed by atoms with E-state index in [4.69, 9.17) is 0 Å². The summed E-state index contributed by atoms with van der Waals surface area (Å²) in [6.07, 6.45) is 0.654. The van der Waals surface area contributed by atoms with Gasteiger partial charge in [-0.2, -0.15) is 5.10 Å². The molecule has 1 aliphatic heterocycles. The molecule has 0 aliphatic carbocycles. The second kappa shape index (κ2) is 8.16. The molecule has 1 unspecified atom stereocenters. The van der Waals surface area contributed by atoms with E-state index in [1.54, 1.807) is 13.8 Å². The number of likely N-dealkylation sites (tertiary alicyclic amines) is 1. The van der Waals surface area contributed by atoms with E-state index in [9.17, 15) is 19.1 Å². The molecular weight excluding hydrogens is 375 g/mol. The first-order valence-electron chi connectivity index (χ1n) is 9.43. The van der Waals surface area contributed by atoms with E-state index in [1.165, 1.54) is 29.2 Å². The average molecular weight is 400 g/mol. The highest BCUT2D eigenvalue weighted by Crippen LogP contribution is 2.40. The number of hydrogen-bond donors (Lipinski definition) is 2. The van der Waals surface area contributed by atoms with Gasteiger partial charge in [0.05, 0.1) is 22.9 Å². The summed E-state index contributed by atoms with van der Waals surface area (Å²) in [6, 6.07) is 4.85. The Bertz CT molecular complexity index is 943. The van der Waals surface area contributed by atoms with E-state index in [2.05, 4.69) is 10.2 Å². The Labute approximate surface area is 168 Å². The van der Waals surface area contributed by atoms with Crippen molar-refractivity contribution in [2.75, 3.05) is 27.2 Å². The number of aryl methyl sites for hydroxylation is 2. The lowest BCUT2D eigenvalue weighted by Crippen LogP contribution is -2.32. The number of aromatic nitrogens is 2. The summed E-state index contributed by atoms with van der Waals surface area (Å²) in [7, 11) is 3.85. The van der Waals surface area contributed by atoms with Crippen molar-refractivity contribution in [1.82, 2.24) is 20.0 Å². The molecule has 1 fully saturated rings. The van der Waals surface area contributed by atoms with Gasteiger partial charge in [0.2, 0.25) is 0 Å². The number of amides is 1. The summed E-state index contributed by atoms with van der Waals surface area (Å²) in [5, 5.41) is 17.9. The number of halogens is 1. The average Bonchev–Trinajstić information content (AvgIpc) is 3.13. The van der Waals surface area contributed by atoms with Crippen LogP contribution in [-0.4, -0.2) is 64.0 Å².